The summed E-state index contributed by atoms with van der Waals surface area (Å²) in [5.74, 6) is 16.5. The SMILES string of the molecule is COCOC(C)(C)C#CC#CC#CC(C)(C)OCOC. The first kappa shape index (κ1) is 18.5. The van der Waals surface area contributed by atoms with Gasteiger partial charge in [0.15, 0.2) is 0 Å². The van der Waals surface area contributed by atoms with E-state index in [9.17, 15) is 0 Å². The molecule has 4 heteroatoms. The summed E-state index contributed by atoms with van der Waals surface area (Å²) >= 11 is 0. The van der Waals surface area contributed by atoms with Crippen LogP contribution < -0.4 is 0 Å². The summed E-state index contributed by atoms with van der Waals surface area (Å²) in [7, 11) is 3.12. The van der Waals surface area contributed by atoms with E-state index in [0.717, 1.165) is 0 Å². The normalized spacial score (nSPS) is 10.5. The van der Waals surface area contributed by atoms with Crippen LogP contribution in [-0.2, 0) is 18.9 Å². The van der Waals surface area contributed by atoms with Crippen molar-refractivity contribution in [2.75, 3.05) is 27.8 Å². The van der Waals surface area contributed by atoms with Crippen LogP contribution in [0, 0.1) is 35.5 Å². The molecule has 0 bridgehead atoms. The van der Waals surface area contributed by atoms with Crippen LogP contribution in [0.4, 0.5) is 0 Å². The second-order valence-corrected chi connectivity index (χ2v) is 4.87. The summed E-state index contributed by atoms with van der Waals surface area (Å²) in [6, 6.07) is 0. The summed E-state index contributed by atoms with van der Waals surface area (Å²) in [5.41, 5.74) is -1.20. The van der Waals surface area contributed by atoms with Gasteiger partial charge in [-0.1, -0.05) is 11.8 Å². The van der Waals surface area contributed by atoms with Crippen LogP contribution in [0.25, 0.3) is 0 Å². The molecule has 0 amide bonds. The molecular weight excluding hydrogens is 256 g/mol. The van der Waals surface area contributed by atoms with Crippen LogP contribution in [0.2, 0.25) is 0 Å². The molecule has 0 aliphatic heterocycles. The molecule has 0 unspecified atom stereocenters. The van der Waals surface area contributed by atoms with Gasteiger partial charge in [0.05, 0.1) is 0 Å². The molecule has 20 heavy (non-hydrogen) atoms. The van der Waals surface area contributed by atoms with Gasteiger partial charge in [-0.25, -0.2) is 0 Å². The standard InChI is InChI=1S/C16H22O4/c1-15(2,19-13-17-5)11-9-7-8-10-12-16(3,4)20-14-18-6/h13-14H2,1-6H3. The van der Waals surface area contributed by atoms with E-state index >= 15 is 0 Å². The zero-order valence-electron chi connectivity index (χ0n) is 13.0. The fraction of sp³-hybridized carbons (Fsp3) is 0.625. The Balaban J connectivity index is 4.44. The van der Waals surface area contributed by atoms with Crippen LogP contribution >= 0.6 is 0 Å². The van der Waals surface area contributed by atoms with E-state index in [4.69, 9.17) is 18.9 Å². The number of methoxy groups -OCH3 is 2. The molecule has 0 radical (unpaired) electrons. The largest absolute Gasteiger partial charge is 0.359 e. The number of rotatable bonds is 6. The molecule has 0 rings (SSSR count). The van der Waals surface area contributed by atoms with Crippen LogP contribution in [-0.4, -0.2) is 39.0 Å². The van der Waals surface area contributed by atoms with Crippen molar-refractivity contribution in [3.8, 4) is 35.5 Å². The minimum absolute atomic E-state index is 0.194. The van der Waals surface area contributed by atoms with Crippen LogP contribution in [0.5, 0.6) is 0 Å². The molecule has 0 fully saturated rings. The van der Waals surface area contributed by atoms with Gasteiger partial charge in [0.2, 0.25) is 0 Å². The fourth-order valence-corrected chi connectivity index (χ4v) is 0.911. The minimum atomic E-state index is -0.598. The topological polar surface area (TPSA) is 36.9 Å². The average molecular weight is 278 g/mol. The van der Waals surface area contributed by atoms with E-state index in [1.807, 2.05) is 27.7 Å². The molecule has 0 heterocycles. The first-order valence-corrected chi connectivity index (χ1v) is 6.13. The highest BCUT2D eigenvalue weighted by Gasteiger charge is 2.14. The van der Waals surface area contributed by atoms with Gasteiger partial charge in [-0.15, -0.1) is 0 Å². The third-order valence-corrected chi connectivity index (χ3v) is 1.99. The monoisotopic (exact) mass is 278 g/mol. The minimum Gasteiger partial charge on any atom is -0.359 e. The molecule has 0 aromatic rings. The molecular formula is C16H22O4. The second kappa shape index (κ2) is 9.43. The molecule has 0 atom stereocenters. The Morgan fingerprint density at radius 3 is 1.30 bits per heavy atom. The highest BCUT2D eigenvalue weighted by molar-refractivity contribution is 5.38. The maximum absolute atomic E-state index is 5.35. The summed E-state index contributed by atoms with van der Waals surface area (Å²) in [6.45, 7) is 7.75. The summed E-state index contributed by atoms with van der Waals surface area (Å²) in [4.78, 5) is 0. The predicted octanol–water partition coefficient (Wildman–Crippen LogP) is 1.79. The van der Waals surface area contributed by atoms with E-state index in [1.165, 1.54) is 0 Å². The maximum Gasteiger partial charge on any atom is 0.148 e. The van der Waals surface area contributed by atoms with E-state index in [0.29, 0.717) is 0 Å². The lowest BCUT2D eigenvalue weighted by atomic mass is 10.1. The Hall–Kier alpha value is -1.48. The highest BCUT2D eigenvalue weighted by atomic mass is 16.7. The fourth-order valence-electron chi connectivity index (χ4n) is 0.911. The van der Waals surface area contributed by atoms with Crippen LogP contribution in [0.1, 0.15) is 27.7 Å². The van der Waals surface area contributed by atoms with Gasteiger partial charge in [0.25, 0.3) is 0 Å². The first-order chi connectivity index (χ1) is 9.33. The predicted molar refractivity (Wildman–Crippen MR) is 77.4 cm³/mol. The third-order valence-electron chi connectivity index (χ3n) is 1.99. The highest BCUT2D eigenvalue weighted by Crippen LogP contribution is 2.07. The molecule has 0 spiro atoms. The third kappa shape index (κ3) is 10.4. The Morgan fingerprint density at radius 2 is 1.00 bits per heavy atom. The van der Waals surface area contributed by atoms with Crippen LogP contribution in [0.3, 0.4) is 0 Å². The van der Waals surface area contributed by atoms with Gasteiger partial charge < -0.3 is 18.9 Å². The van der Waals surface area contributed by atoms with Crippen molar-refractivity contribution in [2.24, 2.45) is 0 Å². The second-order valence-electron chi connectivity index (χ2n) is 4.87. The van der Waals surface area contributed by atoms with Gasteiger partial charge in [-0.05, 0) is 51.4 Å². The average Bonchev–Trinajstić information content (AvgIpc) is 2.38. The molecule has 0 saturated carbocycles. The Kier molecular flexibility index (Phi) is 8.73. The summed E-state index contributed by atoms with van der Waals surface area (Å²) < 4.78 is 20.3. The lowest BCUT2D eigenvalue weighted by molar-refractivity contribution is -0.0880. The Labute approximate surface area is 122 Å². The lowest BCUT2D eigenvalue weighted by Crippen LogP contribution is -2.23. The molecule has 110 valence electrons. The number of hydrogen-bond donors (Lipinski definition) is 0. The molecule has 4 nitrogen and oxygen atoms in total. The smallest absolute Gasteiger partial charge is 0.148 e. The van der Waals surface area contributed by atoms with Crippen molar-refractivity contribution in [3.63, 3.8) is 0 Å². The molecule has 0 aromatic carbocycles. The van der Waals surface area contributed by atoms with Gasteiger partial charge in [0.1, 0.15) is 24.8 Å². The van der Waals surface area contributed by atoms with Gasteiger partial charge in [0, 0.05) is 14.2 Å². The Bertz CT molecular complexity index is 416. The van der Waals surface area contributed by atoms with Gasteiger partial charge >= 0.3 is 0 Å². The molecule has 0 aromatic heterocycles. The number of ether oxygens (including phenoxy) is 4. The molecule has 0 aliphatic rings. The molecule has 0 saturated heterocycles. The van der Waals surface area contributed by atoms with Crippen molar-refractivity contribution >= 4 is 0 Å². The zero-order chi connectivity index (χ0) is 15.5. The lowest BCUT2D eigenvalue weighted by Gasteiger charge is -2.17. The summed E-state index contributed by atoms with van der Waals surface area (Å²) in [5, 5.41) is 0. The van der Waals surface area contributed by atoms with Crippen molar-refractivity contribution in [1.29, 1.82) is 0 Å². The van der Waals surface area contributed by atoms with Crippen molar-refractivity contribution in [2.45, 2.75) is 38.9 Å². The zero-order valence-corrected chi connectivity index (χ0v) is 13.0. The van der Waals surface area contributed by atoms with E-state index in [-0.39, 0.29) is 13.6 Å². The maximum atomic E-state index is 5.35. The van der Waals surface area contributed by atoms with E-state index < -0.39 is 11.2 Å². The van der Waals surface area contributed by atoms with Crippen molar-refractivity contribution in [3.05, 3.63) is 0 Å². The number of hydrogen-bond acceptors (Lipinski definition) is 4. The van der Waals surface area contributed by atoms with Crippen LogP contribution in [0.15, 0.2) is 0 Å². The van der Waals surface area contributed by atoms with Crippen molar-refractivity contribution < 1.29 is 18.9 Å². The molecule has 0 aliphatic carbocycles. The first-order valence-electron chi connectivity index (χ1n) is 6.13. The quantitative estimate of drug-likeness (QED) is 0.548. The Morgan fingerprint density at radius 1 is 0.650 bits per heavy atom. The summed E-state index contributed by atoms with van der Waals surface area (Å²) in [6.07, 6.45) is 0. The van der Waals surface area contributed by atoms with E-state index in [2.05, 4.69) is 35.5 Å². The van der Waals surface area contributed by atoms with Gasteiger partial charge in [-0.2, -0.15) is 0 Å². The molecule has 0 N–H and O–H groups in total. The van der Waals surface area contributed by atoms with E-state index in [1.54, 1.807) is 14.2 Å². The van der Waals surface area contributed by atoms with Crippen molar-refractivity contribution in [1.82, 2.24) is 0 Å². The van der Waals surface area contributed by atoms with Gasteiger partial charge in [-0.3, -0.25) is 0 Å².